The summed E-state index contributed by atoms with van der Waals surface area (Å²) in [6, 6.07) is 7.03. The summed E-state index contributed by atoms with van der Waals surface area (Å²) < 4.78 is 0. The Labute approximate surface area is 122 Å². The lowest BCUT2D eigenvalue weighted by atomic mass is 9.84. The molecule has 0 spiro atoms. The van der Waals surface area contributed by atoms with Crippen molar-refractivity contribution in [3.63, 3.8) is 0 Å². The van der Waals surface area contributed by atoms with Crippen LogP contribution in [0.4, 0.5) is 5.69 Å². The van der Waals surface area contributed by atoms with Crippen LogP contribution >= 0.6 is 11.6 Å². The summed E-state index contributed by atoms with van der Waals surface area (Å²) >= 11 is 6.15. The van der Waals surface area contributed by atoms with E-state index in [1.54, 1.807) is 18.2 Å². The average Bonchev–Trinajstić information content (AvgIpc) is 3.01. The van der Waals surface area contributed by atoms with Gasteiger partial charge in [-0.05, 0) is 49.3 Å². The molecule has 2 bridgehead atoms. The summed E-state index contributed by atoms with van der Waals surface area (Å²) in [5.41, 5.74) is 1.22. The first kappa shape index (κ1) is 13.3. The molecule has 0 radical (unpaired) electrons. The van der Waals surface area contributed by atoms with Crippen LogP contribution in [0.15, 0.2) is 18.2 Å². The largest absolute Gasteiger partial charge is 0.481 e. The van der Waals surface area contributed by atoms with E-state index in [1.165, 1.54) is 0 Å². The fraction of sp³-hybridized carbons (Fsp3) is 0.467. The van der Waals surface area contributed by atoms with Gasteiger partial charge in [-0.2, -0.15) is 5.26 Å². The van der Waals surface area contributed by atoms with Crippen molar-refractivity contribution < 1.29 is 9.90 Å². The fourth-order valence-corrected chi connectivity index (χ4v) is 3.97. The zero-order chi connectivity index (χ0) is 14.3. The molecule has 2 N–H and O–H groups in total. The second-order valence-corrected chi connectivity index (χ2v) is 6.08. The highest BCUT2D eigenvalue weighted by Gasteiger charge is 2.51. The van der Waals surface area contributed by atoms with Crippen LogP contribution in [-0.2, 0) is 4.79 Å². The summed E-state index contributed by atoms with van der Waals surface area (Å²) in [4.78, 5) is 11.5. The van der Waals surface area contributed by atoms with Crippen LogP contribution in [0.2, 0.25) is 5.02 Å². The number of fused-ring (bicyclic) bond motifs is 2. The molecule has 5 heteroatoms. The number of nitriles is 1. The van der Waals surface area contributed by atoms with E-state index >= 15 is 0 Å². The minimum absolute atomic E-state index is 0.0586. The lowest BCUT2D eigenvalue weighted by Gasteiger charge is -2.30. The fourth-order valence-electron chi connectivity index (χ4n) is 3.74. The van der Waals surface area contributed by atoms with E-state index in [4.69, 9.17) is 16.9 Å². The van der Waals surface area contributed by atoms with Gasteiger partial charge in [-0.25, -0.2) is 0 Å². The Hall–Kier alpha value is -1.73. The molecule has 1 aromatic rings. The molecule has 4 unspecified atom stereocenters. The molecule has 0 saturated heterocycles. The van der Waals surface area contributed by atoms with Crippen molar-refractivity contribution in [2.24, 2.45) is 17.8 Å². The van der Waals surface area contributed by atoms with Crippen LogP contribution in [0.25, 0.3) is 0 Å². The topological polar surface area (TPSA) is 73.1 Å². The van der Waals surface area contributed by atoms with Crippen molar-refractivity contribution in [2.45, 2.75) is 25.3 Å². The molecule has 104 valence electrons. The van der Waals surface area contributed by atoms with Gasteiger partial charge >= 0.3 is 5.97 Å². The molecule has 20 heavy (non-hydrogen) atoms. The van der Waals surface area contributed by atoms with Crippen LogP contribution in [0.5, 0.6) is 0 Å². The number of hydrogen-bond acceptors (Lipinski definition) is 3. The maximum Gasteiger partial charge on any atom is 0.308 e. The molecule has 0 aliphatic heterocycles. The predicted molar refractivity (Wildman–Crippen MR) is 75.5 cm³/mol. The molecule has 2 saturated carbocycles. The SMILES string of the molecule is N#Cc1ccc(NC2C3CCC(C3)C2C(=O)O)c(Cl)c1. The lowest BCUT2D eigenvalue weighted by Crippen LogP contribution is -2.39. The number of halogens is 1. The molecule has 0 amide bonds. The van der Waals surface area contributed by atoms with E-state index in [-0.39, 0.29) is 17.9 Å². The smallest absolute Gasteiger partial charge is 0.308 e. The Morgan fingerprint density at radius 3 is 2.80 bits per heavy atom. The van der Waals surface area contributed by atoms with Gasteiger partial charge in [0.05, 0.1) is 28.3 Å². The molecule has 3 rings (SSSR count). The second kappa shape index (κ2) is 4.99. The predicted octanol–water partition coefficient (Wildman–Crippen LogP) is 3.12. The minimum Gasteiger partial charge on any atom is -0.481 e. The number of carboxylic acids is 1. The molecule has 2 aliphatic carbocycles. The first-order valence-electron chi connectivity index (χ1n) is 6.79. The summed E-state index contributed by atoms with van der Waals surface area (Å²) in [6.45, 7) is 0. The van der Waals surface area contributed by atoms with Crippen molar-refractivity contribution >= 4 is 23.3 Å². The number of nitrogens with zero attached hydrogens (tertiary/aromatic N) is 1. The highest BCUT2D eigenvalue weighted by Crippen LogP contribution is 2.49. The van der Waals surface area contributed by atoms with Gasteiger partial charge in [-0.15, -0.1) is 0 Å². The monoisotopic (exact) mass is 290 g/mol. The number of benzene rings is 1. The maximum atomic E-state index is 11.5. The van der Waals surface area contributed by atoms with Crippen molar-refractivity contribution in [1.29, 1.82) is 5.26 Å². The molecule has 0 heterocycles. The van der Waals surface area contributed by atoms with Crippen molar-refractivity contribution in [3.8, 4) is 6.07 Å². The summed E-state index contributed by atoms with van der Waals surface area (Å²) in [7, 11) is 0. The third-order valence-corrected chi connectivity index (χ3v) is 4.93. The molecule has 0 aromatic heterocycles. The van der Waals surface area contributed by atoms with Crippen molar-refractivity contribution in [2.75, 3.05) is 5.32 Å². The standard InChI is InChI=1S/C15H15ClN2O2/c16-11-5-8(7-17)1-4-12(11)18-14-10-3-2-9(6-10)13(14)15(19)20/h1,4-5,9-10,13-14,18H,2-3,6H2,(H,19,20). The van der Waals surface area contributed by atoms with E-state index in [1.807, 2.05) is 6.07 Å². The Balaban J connectivity index is 1.84. The Bertz CT molecular complexity index is 596. The maximum absolute atomic E-state index is 11.5. The number of nitrogens with one attached hydrogen (secondary N) is 1. The molecular formula is C15H15ClN2O2. The van der Waals surface area contributed by atoms with Gasteiger partial charge in [0.1, 0.15) is 0 Å². The van der Waals surface area contributed by atoms with E-state index in [9.17, 15) is 9.90 Å². The summed E-state index contributed by atoms with van der Waals surface area (Å²) in [5, 5.41) is 22.0. The average molecular weight is 291 g/mol. The third-order valence-electron chi connectivity index (χ3n) is 4.62. The van der Waals surface area contributed by atoms with E-state index in [0.717, 1.165) is 24.9 Å². The zero-order valence-electron chi connectivity index (χ0n) is 10.8. The van der Waals surface area contributed by atoms with E-state index in [0.29, 0.717) is 16.5 Å². The van der Waals surface area contributed by atoms with Gasteiger partial charge in [-0.3, -0.25) is 4.79 Å². The molecule has 2 aliphatic rings. The van der Waals surface area contributed by atoms with Crippen LogP contribution in [0.1, 0.15) is 24.8 Å². The highest BCUT2D eigenvalue weighted by molar-refractivity contribution is 6.33. The number of carboxylic acid groups (broad SMARTS) is 1. The first-order valence-corrected chi connectivity index (χ1v) is 7.17. The molecular weight excluding hydrogens is 276 g/mol. The van der Waals surface area contributed by atoms with E-state index < -0.39 is 5.97 Å². The van der Waals surface area contributed by atoms with Crippen LogP contribution in [0.3, 0.4) is 0 Å². The van der Waals surface area contributed by atoms with Gasteiger partial charge in [0, 0.05) is 6.04 Å². The first-order chi connectivity index (χ1) is 9.60. The summed E-state index contributed by atoms with van der Waals surface area (Å²) in [5.74, 6) is -0.361. The number of hydrogen-bond donors (Lipinski definition) is 2. The third kappa shape index (κ3) is 2.12. The van der Waals surface area contributed by atoms with Crippen molar-refractivity contribution in [1.82, 2.24) is 0 Å². The zero-order valence-corrected chi connectivity index (χ0v) is 11.6. The lowest BCUT2D eigenvalue weighted by molar-refractivity contribution is -0.143. The Morgan fingerprint density at radius 1 is 1.40 bits per heavy atom. The quantitative estimate of drug-likeness (QED) is 0.897. The van der Waals surface area contributed by atoms with Gasteiger partial charge < -0.3 is 10.4 Å². The number of rotatable bonds is 3. The molecule has 4 nitrogen and oxygen atoms in total. The van der Waals surface area contributed by atoms with Gasteiger partial charge in [0.2, 0.25) is 0 Å². The number of anilines is 1. The van der Waals surface area contributed by atoms with Crippen LogP contribution in [0, 0.1) is 29.1 Å². The van der Waals surface area contributed by atoms with Gasteiger partial charge in [0.15, 0.2) is 0 Å². The molecule has 2 fully saturated rings. The molecule has 1 aromatic carbocycles. The van der Waals surface area contributed by atoms with Gasteiger partial charge in [0.25, 0.3) is 0 Å². The van der Waals surface area contributed by atoms with E-state index in [2.05, 4.69) is 5.32 Å². The normalized spacial score (nSPS) is 31.0. The van der Waals surface area contributed by atoms with Gasteiger partial charge in [-0.1, -0.05) is 11.6 Å². The highest BCUT2D eigenvalue weighted by atomic mass is 35.5. The summed E-state index contributed by atoms with van der Waals surface area (Å²) in [6.07, 6.45) is 3.09. The minimum atomic E-state index is -0.723. The molecule has 4 atom stereocenters. The van der Waals surface area contributed by atoms with Crippen LogP contribution in [-0.4, -0.2) is 17.1 Å². The van der Waals surface area contributed by atoms with Crippen molar-refractivity contribution in [3.05, 3.63) is 28.8 Å². The van der Waals surface area contributed by atoms with Crippen LogP contribution < -0.4 is 5.32 Å². The Kier molecular flexibility index (Phi) is 3.31. The number of aliphatic carboxylic acids is 1. The number of carbonyl (C=O) groups is 1. The Morgan fingerprint density at radius 2 is 2.15 bits per heavy atom. The second-order valence-electron chi connectivity index (χ2n) is 5.67.